The zero-order valence-corrected chi connectivity index (χ0v) is 14.7. The van der Waals surface area contributed by atoms with Crippen molar-refractivity contribution in [2.75, 3.05) is 0 Å². The van der Waals surface area contributed by atoms with E-state index in [9.17, 15) is 9.59 Å². The fourth-order valence-electron chi connectivity index (χ4n) is 6.52. The molecule has 5 atom stereocenters. The van der Waals surface area contributed by atoms with Crippen LogP contribution in [0.1, 0.15) is 65.7 Å². The fraction of sp³-hybridized carbons (Fsp3) is 0.714. The van der Waals surface area contributed by atoms with Crippen LogP contribution in [-0.2, 0) is 9.59 Å². The van der Waals surface area contributed by atoms with Crippen LogP contribution in [0.15, 0.2) is 23.3 Å². The number of ketones is 2. The Labute approximate surface area is 139 Å². The molecule has 0 heterocycles. The molecule has 2 saturated carbocycles. The van der Waals surface area contributed by atoms with Gasteiger partial charge in [0.2, 0.25) is 0 Å². The molecule has 124 valence electrons. The van der Waals surface area contributed by atoms with Crippen LogP contribution < -0.4 is 0 Å². The highest BCUT2D eigenvalue weighted by Gasteiger charge is 2.56. The van der Waals surface area contributed by atoms with Crippen molar-refractivity contribution < 1.29 is 9.59 Å². The van der Waals surface area contributed by atoms with Gasteiger partial charge in [0.1, 0.15) is 5.78 Å². The van der Waals surface area contributed by atoms with Gasteiger partial charge in [0.15, 0.2) is 5.78 Å². The minimum absolute atomic E-state index is 0.118. The molecule has 0 aromatic rings. The average molecular weight is 312 g/mol. The lowest BCUT2D eigenvalue weighted by Crippen LogP contribution is -2.45. The number of fused-ring (bicyclic) bond motifs is 5. The summed E-state index contributed by atoms with van der Waals surface area (Å²) < 4.78 is 0. The molecule has 4 rings (SSSR count). The van der Waals surface area contributed by atoms with E-state index in [-0.39, 0.29) is 16.7 Å². The summed E-state index contributed by atoms with van der Waals surface area (Å²) in [6.45, 7) is 6.51. The molecule has 0 aliphatic heterocycles. The Morgan fingerprint density at radius 3 is 2.70 bits per heavy atom. The molecule has 4 aliphatic carbocycles. The maximum atomic E-state index is 12.1. The van der Waals surface area contributed by atoms with E-state index in [0.29, 0.717) is 29.8 Å². The molecule has 0 spiro atoms. The molecular formula is C21H28O2. The predicted octanol–water partition coefficient (Wildman–Crippen LogP) is 4.64. The first kappa shape index (κ1) is 15.4. The molecule has 4 aliphatic rings. The Kier molecular flexibility index (Phi) is 3.28. The summed E-state index contributed by atoms with van der Waals surface area (Å²) in [6.07, 6.45) is 11.7. The molecule has 0 aromatic carbocycles. The van der Waals surface area contributed by atoms with Gasteiger partial charge in [-0.05, 0) is 68.8 Å². The molecule has 2 heteroatoms. The smallest absolute Gasteiger partial charge is 0.155 e. The molecule has 0 N–H and O–H groups in total. The molecule has 0 saturated heterocycles. The van der Waals surface area contributed by atoms with Crippen molar-refractivity contribution in [1.82, 2.24) is 0 Å². The first-order valence-corrected chi connectivity index (χ1v) is 9.31. The van der Waals surface area contributed by atoms with Gasteiger partial charge >= 0.3 is 0 Å². The summed E-state index contributed by atoms with van der Waals surface area (Å²) in [6, 6.07) is 0. The van der Waals surface area contributed by atoms with Crippen LogP contribution in [-0.4, -0.2) is 11.6 Å². The van der Waals surface area contributed by atoms with Crippen molar-refractivity contribution in [3.05, 3.63) is 23.3 Å². The van der Waals surface area contributed by atoms with E-state index in [1.54, 1.807) is 12.5 Å². The van der Waals surface area contributed by atoms with Gasteiger partial charge in [0.25, 0.3) is 0 Å². The van der Waals surface area contributed by atoms with Gasteiger partial charge in [0, 0.05) is 17.8 Å². The van der Waals surface area contributed by atoms with Crippen LogP contribution in [0.3, 0.4) is 0 Å². The average Bonchev–Trinajstić information content (AvgIpc) is 2.85. The van der Waals surface area contributed by atoms with Crippen LogP contribution >= 0.6 is 0 Å². The zero-order chi connectivity index (χ0) is 16.4. The third-order valence-corrected chi connectivity index (χ3v) is 7.82. The normalized spacial score (nSPS) is 45.5. The van der Waals surface area contributed by atoms with Gasteiger partial charge in [-0.2, -0.15) is 0 Å². The Hall–Kier alpha value is -1.18. The molecule has 2 fully saturated rings. The monoisotopic (exact) mass is 312 g/mol. The van der Waals surface area contributed by atoms with E-state index < -0.39 is 0 Å². The Morgan fingerprint density at radius 2 is 1.96 bits per heavy atom. The lowest BCUT2D eigenvalue weighted by Gasteiger charge is -2.53. The van der Waals surface area contributed by atoms with Crippen molar-refractivity contribution >= 4 is 11.6 Å². The standard InChI is InChI=1S/C21H28O2/c1-13(22)17-6-7-18-16-5-4-14-12-15(23)8-10-20(14,2)19(16)9-11-21(17,18)3/h9,12,16-18H,4-8,10-11H2,1-3H3/t16-,17+,18?,20-,21+/m0/s1. The van der Waals surface area contributed by atoms with Crippen molar-refractivity contribution in [1.29, 1.82) is 0 Å². The first-order valence-electron chi connectivity index (χ1n) is 9.31. The number of hydrogen-bond acceptors (Lipinski definition) is 2. The Balaban J connectivity index is 1.74. The second kappa shape index (κ2) is 4.91. The molecular weight excluding hydrogens is 284 g/mol. The maximum absolute atomic E-state index is 12.1. The van der Waals surface area contributed by atoms with Gasteiger partial charge in [-0.3, -0.25) is 9.59 Å². The topological polar surface area (TPSA) is 34.1 Å². The summed E-state index contributed by atoms with van der Waals surface area (Å²) in [7, 11) is 0. The Morgan fingerprint density at radius 1 is 1.17 bits per heavy atom. The van der Waals surface area contributed by atoms with Gasteiger partial charge in [0.05, 0.1) is 0 Å². The Bertz CT molecular complexity index is 640. The number of hydrogen-bond donors (Lipinski definition) is 0. The van der Waals surface area contributed by atoms with Gasteiger partial charge in [-0.25, -0.2) is 0 Å². The lowest BCUT2D eigenvalue weighted by molar-refractivity contribution is -0.124. The van der Waals surface area contributed by atoms with Crippen molar-refractivity contribution in [2.24, 2.45) is 28.6 Å². The van der Waals surface area contributed by atoms with Crippen molar-refractivity contribution in [3.8, 4) is 0 Å². The van der Waals surface area contributed by atoms with E-state index in [1.807, 2.05) is 6.08 Å². The minimum Gasteiger partial charge on any atom is -0.300 e. The fourth-order valence-corrected chi connectivity index (χ4v) is 6.52. The van der Waals surface area contributed by atoms with Crippen LogP contribution in [0.5, 0.6) is 0 Å². The van der Waals surface area contributed by atoms with Crippen LogP contribution in [0.2, 0.25) is 0 Å². The summed E-state index contributed by atoms with van der Waals surface area (Å²) >= 11 is 0. The third kappa shape index (κ3) is 1.99. The highest BCUT2D eigenvalue weighted by molar-refractivity contribution is 5.92. The third-order valence-electron chi connectivity index (χ3n) is 7.82. The van der Waals surface area contributed by atoms with E-state index in [4.69, 9.17) is 0 Å². The van der Waals surface area contributed by atoms with Crippen molar-refractivity contribution in [3.63, 3.8) is 0 Å². The largest absolute Gasteiger partial charge is 0.300 e. The maximum Gasteiger partial charge on any atom is 0.155 e. The van der Waals surface area contributed by atoms with E-state index in [0.717, 1.165) is 25.7 Å². The van der Waals surface area contributed by atoms with Crippen LogP contribution in [0.25, 0.3) is 0 Å². The van der Waals surface area contributed by atoms with Crippen LogP contribution in [0.4, 0.5) is 0 Å². The summed E-state index contributed by atoms with van der Waals surface area (Å²) in [5.74, 6) is 2.25. The first-order chi connectivity index (χ1) is 10.9. The highest BCUT2D eigenvalue weighted by Crippen LogP contribution is 2.64. The molecule has 0 bridgehead atoms. The summed E-state index contributed by atoms with van der Waals surface area (Å²) in [5, 5.41) is 0. The van der Waals surface area contributed by atoms with Gasteiger partial charge in [-0.15, -0.1) is 0 Å². The predicted molar refractivity (Wildman–Crippen MR) is 90.9 cm³/mol. The molecule has 0 amide bonds. The number of carbonyl (C=O) groups excluding carboxylic acids is 2. The minimum atomic E-state index is 0.118. The quantitative estimate of drug-likeness (QED) is 0.661. The number of carbonyl (C=O) groups is 2. The SMILES string of the molecule is CC(=O)[C@H]1CCC2[C@@H]3CCC4=CC(=O)CC[C@]4(C)C3=CC[C@@]21C. The second-order valence-electron chi connectivity index (χ2n) is 8.83. The summed E-state index contributed by atoms with van der Waals surface area (Å²) in [5.41, 5.74) is 3.27. The van der Waals surface area contributed by atoms with E-state index >= 15 is 0 Å². The second-order valence-corrected chi connectivity index (χ2v) is 8.83. The summed E-state index contributed by atoms with van der Waals surface area (Å²) in [4.78, 5) is 24.0. The number of rotatable bonds is 1. The number of allylic oxidation sites excluding steroid dienone is 4. The molecule has 2 nitrogen and oxygen atoms in total. The molecule has 0 radical (unpaired) electrons. The molecule has 23 heavy (non-hydrogen) atoms. The van der Waals surface area contributed by atoms with Crippen molar-refractivity contribution in [2.45, 2.75) is 65.7 Å². The van der Waals surface area contributed by atoms with E-state index in [1.165, 1.54) is 18.4 Å². The zero-order valence-electron chi connectivity index (χ0n) is 14.7. The van der Waals surface area contributed by atoms with Gasteiger partial charge in [-0.1, -0.05) is 31.1 Å². The highest BCUT2D eigenvalue weighted by atomic mass is 16.1. The van der Waals surface area contributed by atoms with Gasteiger partial charge < -0.3 is 0 Å². The van der Waals surface area contributed by atoms with E-state index in [2.05, 4.69) is 19.9 Å². The lowest BCUT2D eigenvalue weighted by atomic mass is 9.51. The molecule has 0 aromatic heterocycles. The number of Topliss-reactive ketones (excluding diaryl/α,β-unsaturated/α-hetero) is 1. The molecule has 1 unspecified atom stereocenters. The van der Waals surface area contributed by atoms with Crippen LogP contribution in [0, 0.1) is 28.6 Å².